The highest BCUT2D eigenvalue weighted by Crippen LogP contribution is 2.44. The lowest BCUT2D eigenvalue weighted by atomic mass is 9.97. The van der Waals surface area contributed by atoms with E-state index in [4.69, 9.17) is 20.8 Å². The molecule has 0 saturated carbocycles. The van der Waals surface area contributed by atoms with Crippen molar-refractivity contribution in [2.24, 2.45) is 0 Å². The summed E-state index contributed by atoms with van der Waals surface area (Å²) in [5, 5.41) is 11.6. The Morgan fingerprint density at radius 3 is 2.42 bits per heavy atom. The fraction of sp³-hybridized carbons (Fsp3) is 0.231. The van der Waals surface area contributed by atoms with E-state index in [0.717, 1.165) is 11.1 Å². The largest absolute Gasteiger partial charge is 0.507 e. The van der Waals surface area contributed by atoms with Gasteiger partial charge in [0.05, 0.1) is 29.5 Å². The first-order chi connectivity index (χ1) is 15.7. The van der Waals surface area contributed by atoms with Crippen molar-refractivity contribution in [3.63, 3.8) is 0 Å². The predicted octanol–water partition coefficient (Wildman–Crippen LogP) is 6.00. The molecule has 1 aromatic heterocycles. The molecule has 1 aliphatic rings. The van der Waals surface area contributed by atoms with Gasteiger partial charge >= 0.3 is 0 Å². The van der Waals surface area contributed by atoms with Crippen molar-refractivity contribution in [2.75, 3.05) is 12.0 Å². The maximum absolute atomic E-state index is 13.2. The van der Waals surface area contributed by atoms with Crippen LogP contribution in [0.4, 0.5) is 5.69 Å². The lowest BCUT2D eigenvalue weighted by molar-refractivity contribution is -0.132. The van der Waals surface area contributed by atoms with Gasteiger partial charge in [0, 0.05) is 5.69 Å². The van der Waals surface area contributed by atoms with Crippen LogP contribution in [0, 0.1) is 6.92 Å². The number of carbonyl (C=O) groups excluding carboxylic acids is 2. The molecule has 4 rings (SSSR count). The Labute approximate surface area is 197 Å². The second kappa shape index (κ2) is 8.79. The van der Waals surface area contributed by atoms with Crippen LogP contribution in [0.3, 0.4) is 0 Å². The molecule has 1 fully saturated rings. The fourth-order valence-corrected chi connectivity index (χ4v) is 4.44. The van der Waals surface area contributed by atoms with Crippen molar-refractivity contribution in [3.05, 3.63) is 87.8 Å². The highest BCUT2D eigenvalue weighted by atomic mass is 35.5. The van der Waals surface area contributed by atoms with E-state index in [-0.39, 0.29) is 27.7 Å². The van der Waals surface area contributed by atoms with Crippen LogP contribution in [0.15, 0.2) is 64.8 Å². The lowest BCUT2D eigenvalue weighted by Crippen LogP contribution is -2.29. The number of halogens is 1. The molecule has 1 N–H and O–H groups in total. The first-order valence-electron chi connectivity index (χ1n) is 10.5. The fourth-order valence-electron chi connectivity index (χ4n) is 4.09. The standard InChI is InChI=1S/C26H24ClNO5/c1-14(2)16-7-9-17(10-8-16)28-22(20-6-5-11-33-20)21(24(30)26(28)31)23(29)18-12-15(3)13-19(27)25(18)32-4/h5-14,22,29H,1-4H3/b23-21-. The number of hydrogen-bond acceptors (Lipinski definition) is 5. The molecular formula is C26H24ClNO5. The number of hydrogen-bond donors (Lipinski definition) is 1. The van der Waals surface area contributed by atoms with Crippen molar-refractivity contribution in [1.82, 2.24) is 0 Å². The zero-order chi connectivity index (χ0) is 23.9. The number of aliphatic hydroxyl groups excluding tert-OH is 1. The summed E-state index contributed by atoms with van der Waals surface area (Å²) in [6.45, 7) is 5.95. The molecule has 33 heavy (non-hydrogen) atoms. The van der Waals surface area contributed by atoms with E-state index in [1.54, 1.807) is 43.3 Å². The number of ether oxygens (including phenoxy) is 1. The summed E-state index contributed by atoms with van der Waals surface area (Å²) in [7, 11) is 1.42. The molecule has 0 radical (unpaired) electrons. The molecule has 0 bridgehead atoms. The summed E-state index contributed by atoms with van der Waals surface area (Å²) in [6, 6.07) is 13.2. The van der Waals surface area contributed by atoms with Gasteiger partial charge in [-0.25, -0.2) is 0 Å². The molecule has 2 heterocycles. The molecule has 1 amide bonds. The Balaban J connectivity index is 1.94. The van der Waals surface area contributed by atoms with E-state index in [1.165, 1.54) is 18.3 Å². The van der Waals surface area contributed by atoms with Crippen molar-refractivity contribution < 1.29 is 23.8 Å². The Kier molecular flexibility index (Phi) is 6.04. The predicted molar refractivity (Wildman–Crippen MR) is 127 cm³/mol. The first kappa shape index (κ1) is 22.7. The number of methoxy groups -OCH3 is 1. The van der Waals surface area contributed by atoms with Crippen molar-refractivity contribution >= 4 is 34.7 Å². The third-order valence-corrected chi connectivity index (χ3v) is 6.02. The number of carbonyl (C=O) groups is 2. The molecule has 1 aliphatic heterocycles. The zero-order valence-electron chi connectivity index (χ0n) is 18.8. The first-order valence-corrected chi connectivity index (χ1v) is 10.9. The third kappa shape index (κ3) is 3.91. The molecule has 2 aromatic carbocycles. The maximum Gasteiger partial charge on any atom is 0.300 e. The number of amides is 1. The number of furan rings is 1. The maximum atomic E-state index is 13.2. The number of Topliss-reactive ketones (excluding diaryl/α,β-unsaturated/α-hetero) is 1. The van der Waals surface area contributed by atoms with Crippen LogP contribution in [-0.2, 0) is 9.59 Å². The van der Waals surface area contributed by atoms with E-state index in [9.17, 15) is 14.7 Å². The minimum absolute atomic E-state index is 0.0946. The summed E-state index contributed by atoms with van der Waals surface area (Å²) < 4.78 is 11.0. The van der Waals surface area contributed by atoms with Crippen LogP contribution in [0.2, 0.25) is 5.02 Å². The number of aryl methyl sites for hydroxylation is 1. The van der Waals surface area contributed by atoms with Crippen LogP contribution in [-0.4, -0.2) is 23.9 Å². The Hall–Kier alpha value is -3.51. The van der Waals surface area contributed by atoms with Crippen molar-refractivity contribution in [3.8, 4) is 5.75 Å². The number of aliphatic hydroxyl groups is 1. The van der Waals surface area contributed by atoms with Gasteiger partial charge in [0.15, 0.2) is 0 Å². The van der Waals surface area contributed by atoms with Crippen LogP contribution in [0.1, 0.15) is 48.3 Å². The monoisotopic (exact) mass is 465 g/mol. The Morgan fingerprint density at radius 2 is 1.85 bits per heavy atom. The summed E-state index contributed by atoms with van der Waals surface area (Å²) >= 11 is 6.31. The van der Waals surface area contributed by atoms with Crippen molar-refractivity contribution in [1.29, 1.82) is 0 Å². The van der Waals surface area contributed by atoms with E-state index in [1.807, 2.05) is 12.1 Å². The molecular weight excluding hydrogens is 442 g/mol. The van der Waals surface area contributed by atoms with E-state index >= 15 is 0 Å². The Bertz CT molecular complexity index is 1240. The van der Waals surface area contributed by atoms with E-state index < -0.39 is 17.7 Å². The summed E-state index contributed by atoms with van der Waals surface area (Å²) in [4.78, 5) is 27.8. The SMILES string of the molecule is COc1c(Cl)cc(C)cc1/C(O)=C1/C(=O)C(=O)N(c2ccc(C(C)C)cc2)C1c1ccco1. The second-order valence-electron chi connectivity index (χ2n) is 8.26. The molecule has 170 valence electrons. The number of ketones is 1. The lowest BCUT2D eigenvalue weighted by Gasteiger charge is -2.24. The van der Waals surface area contributed by atoms with Gasteiger partial charge in [0.2, 0.25) is 0 Å². The minimum atomic E-state index is -0.950. The van der Waals surface area contributed by atoms with Gasteiger partial charge in [-0.1, -0.05) is 37.6 Å². The van der Waals surface area contributed by atoms with Gasteiger partial charge in [-0.05, 0) is 60.4 Å². The molecule has 0 aliphatic carbocycles. The normalized spacial score (nSPS) is 17.8. The summed E-state index contributed by atoms with van der Waals surface area (Å²) in [5.74, 6) is -1.08. The van der Waals surface area contributed by atoms with Crippen LogP contribution in [0.25, 0.3) is 5.76 Å². The van der Waals surface area contributed by atoms with Gasteiger partial charge in [-0.3, -0.25) is 14.5 Å². The van der Waals surface area contributed by atoms with Gasteiger partial charge in [-0.15, -0.1) is 0 Å². The third-order valence-electron chi connectivity index (χ3n) is 5.74. The zero-order valence-corrected chi connectivity index (χ0v) is 19.5. The van der Waals surface area contributed by atoms with Gasteiger partial charge < -0.3 is 14.3 Å². The second-order valence-corrected chi connectivity index (χ2v) is 8.67. The van der Waals surface area contributed by atoms with Crippen LogP contribution < -0.4 is 9.64 Å². The number of rotatable bonds is 5. The van der Waals surface area contributed by atoms with Gasteiger partial charge in [0.25, 0.3) is 11.7 Å². The topological polar surface area (TPSA) is 80.0 Å². The number of benzene rings is 2. The highest BCUT2D eigenvalue weighted by Gasteiger charge is 2.48. The highest BCUT2D eigenvalue weighted by molar-refractivity contribution is 6.51. The molecule has 1 saturated heterocycles. The summed E-state index contributed by atoms with van der Waals surface area (Å²) in [6.07, 6.45) is 1.46. The quantitative estimate of drug-likeness (QED) is 0.284. The van der Waals surface area contributed by atoms with Crippen LogP contribution in [0.5, 0.6) is 5.75 Å². The number of anilines is 1. The number of nitrogens with zero attached hydrogens (tertiary/aromatic N) is 1. The smallest absolute Gasteiger partial charge is 0.300 e. The molecule has 3 aromatic rings. The van der Waals surface area contributed by atoms with Crippen LogP contribution >= 0.6 is 11.6 Å². The molecule has 6 nitrogen and oxygen atoms in total. The average molecular weight is 466 g/mol. The van der Waals surface area contributed by atoms with E-state index in [0.29, 0.717) is 17.4 Å². The molecule has 0 spiro atoms. The summed E-state index contributed by atoms with van der Waals surface area (Å²) in [5.41, 5.74) is 2.52. The average Bonchev–Trinajstić information content (AvgIpc) is 3.40. The molecule has 7 heteroatoms. The minimum Gasteiger partial charge on any atom is -0.507 e. The van der Waals surface area contributed by atoms with Crippen molar-refractivity contribution in [2.45, 2.75) is 32.7 Å². The molecule has 1 unspecified atom stereocenters. The molecule has 1 atom stereocenters. The van der Waals surface area contributed by atoms with Gasteiger partial charge in [0.1, 0.15) is 23.3 Å². The van der Waals surface area contributed by atoms with Gasteiger partial charge in [-0.2, -0.15) is 0 Å². The Morgan fingerprint density at radius 1 is 1.15 bits per heavy atom. The van der Waals surface area contributed by atoms with E-state index in [2.05, 4.69) is 13.8 Å².